The van der Waals surface area contributed by atoms with Crippen LogP contribution in [-0.2, 0) is 4.79 Å². The molecule has 1 saturated heterocycles. The molecule has 2 heterocycles. The Bertz CT molecular complexity index is 807. The van der Waals surface area contributed by atoms with Gasteiger partial charge in [0.2, 0.25) is 5.91 Å². The second kappa shape index (κ2) is 7.13. The highest BCUT2D eigenvalue weighted by Gasteiger charge is 2.38. The summed E-state index contributed by atoms with van der Waals surface area (Å²) in [6.07, 6.45) is 0. The fourth-order valence-electron chi connectivity index (χ4n) is 3.54. The van der Waals surface area contributed by atoms with Crippen molar-refractivity contribution < 1.29 is 19.2 Å². The maximum absolute atomic E-state index is 12.8. The summed E-state index contributed by atoms with van der Waals surface area (Å²) in [4.78, 5) is 54.5. The highest BCUT2D eigenvalue weighted by atomic mass is 16.2. The minimum Gasteiger partial charge on any atom is -0.339 e. The van der Waals surface area contributed by atoms with Gasteiger partial charge in [-0.1, -0.05) is 13.8 Å². The van der Waals surface area contributed by atoms with Gasteiger partial charge in [-0.05, 0) is 32.0 Å². The lowest BCUT2D eigenvalue weighted by Crippen LogP contribution is -2.51. The summed E-state index contributed by atoms with van der Waals surface area (Å²) >= 11 is 0. The number of nitrogens with zero attached hydrogens (tertiary/aromatic N) is 3. The van der Waals surface area contributed by atoms with Gasteiger partial charge in [-0.3, -0.25) is 24.1 Å². The molecule has 144 valence electrons. The van der Waals surface area contributed by atoms with E-state index in [-0.39, 0.29) is 41.2 Å². The van der Waals surface area contributed by atoms with Gasteiger partial charge >= 0.3 is 0 Å². The number of piperazine rings is 1. The molecule has 7 heteroatoms. The molecule has 0 saturated carbocycles. The van der Waals surface area contributed by atoms with E-state index in [1.54, 1.807) is 35.8 Å². The van der Waals surface area contributed by atoms with Crippen LogP contribution in [0.3, 0.4) is 0 Å². The van der Waals surface area contributed by atoms with Crippen LogP contribution in [-0.4, -0.2) is 70.5 Å². The summed E-state index contributed by atoms with van der Waals surface area (Å²) in [5.41, 5.74) is 1.02. The predicted octanol–water partition coefficient (Wildman–Crippen LogP) is 1.63. The molecule has 1 aromatic carbocycles. The van der Waals surface area contributed by atoms with Gasteiger partial charge in [0.15, 0.2) is 0 Å². The first-order valence-corrected chi connectivity index (χ1v) is 9.32. The molecule has 0 N–H and O–H groups in total. The van der Waals surface area contributed by atoms with Gasteiger partial charge in [-0.2, -0.15) is 0 Å². The van der Waals surface area contributed by atoms with Crippen LogP contribution >= 0.6 is 0 Å². The molecule has 1 fully saturated rings. The van der Waals surface area contributed by atoms with Crippen LogP contribution in [0.25, 0.3) is 0 Å². The molecule has 0 unspecified atom stereocenters. The number of amides is 4. The quantitative estimate of drug-likeness (QED) is 0.757. The Kier molecular flexibility index (Phi) is 5.04. The summed E-state index contributed by atoms with van der Waals surface area (Å²) < 4.78 is 0. The molecule has 0 aromatic heterocycles. The summed E-state index contributed by atoms with van der Waals surface area (Å²) in [6, 6.07) is 4.44. The third-order valence-corrected chi connectivity index (χ3v) is 5.05. The SMILES string of the molecule is CC(C)C(=O)N1CCN(C(=O)c2ccc3c(c2)C(=O)N(C(C)C)C3=O)CC1. The molecule has 4 amide bonds. The number of carbonyl (C=O) groups is 4. The van der Waals surface area contributed by atoms with Crippen LogP contribution in [0, 0.1) is 5.92 Å². The van der Waals surface area contributed by atoms with E-state index in [1.165, 1.54) is 11.0 Å². The molecule has 3 rings (SSSR count). The lowest BCUT2D eigenvalue weighted by Gasteiger charge is -2.35. The normalized spacial score (nSPS) is 17.2. The minimum atomic E-state index is -0.355. The lowest BCUT2D eigenvalue weighted by molar-refractivity contribution is -0.135. The van der Waals surface area contributed by atoms with Crippen molar-refractivity contribution in [2.45, 2.75) is 33.7 Å². The Hall–Kier alpha value is -2.70. The average Bonchev–Trinajstić information content (AvgIpc) is 2.90. The zero-order valence-electron chi connectivity index (χ0n) is 16.2. The van der Waals surface area contributed by atoms with Crippen LogP contribution in [0.2, 0.25) is 0 Å². The van der Waals surface area contributed by atoms with E-state index in [1.807, 2.05) is 13.8 Å². The fraction of sp³-hybridized carbons (Fsp3) is 0.500. The van der Waals surface area contributed by atoms with Crippen molar-refractivity contribution in [1.29, 1.82) is 0 Å². The Morgan fingerprint density at radius 2 is 1.41 bits per heavy atom. The first-order valence-electron chi connectivity index (χ1n) is 9.32. The molecular formula is C20H25N3O4. The van der Waals surface area contributed by atoms with Crippen LogP contribution in [0.4, 0.5) is 0 Å². The van der Waals surface area contributed by atoms with Crippen molar-refractivity contribution in [3.8, 4) is 0 Å². The molecular weight excluding hydrogens is 346 g/mol. The Balaban J connectivity index is 1.74. The van der Waals surface area contributed by atoms with Gasteiger partial charge in [0, 0.05) is 43.7 Å². The Labute approximate surface area is 158 Å². The summed E-state index contributed by atoms with van der Waals surface area (Å²) in [7, 11) is 0. The van der Waals surface area contributed by atoms with Crippen molar-refractivity contribution in [3.63, 3.8) is 0 Å². The smallest absolute Gasteiger partial charge is 0.261 e. The predicted molar refractivity (Wildman–Crippen MR) is 99.4 cm³/mol. The minimum absolute atomic E-state index is 0.0589. The van der Waals surface area contributed by atoms with Gasteiger partial charge in [0.1, 0.15) is 0 Å². The van der Waals surface area contributed by atoms with Crippen molar-refractivity contribution in [1.82, 2.24) is 14.7 Å². The van der Waals surface area contributed by atoms with E-state index in [9.17, 15) is 19.2 Å². The first-order chi connectivity index (χ1) is 12.7. The highest BCUT2D eigenvalue weighted by molar-refractivity contribution is 6.22. The molecule has 0 aliphatic carbocycles. The molecule has 0 radical (unpaired) electrons. The van der Waals surface area contributed by atoms with Gasteiger partial charge in [-0.25, -0.2) is 0 Å². The van der Waals surface area contributed by atoms with E-state index in [0.717, 1.165) is 0 Å². The number of rotatable bonds is 3. The zero-order chi connectivity index (χ0) is 19.9. The van der Waals surface area contributed by atoms with Crippen LogP contribution in [0.1, 0.15) is 58.8 Å². The van der Waals surface area contributed by atoms with Crippen LogP contribution < -0.4 is 0 Å². The third kappa shape index (κ3) is 3.34. The van der Waals surface area contributed by atoms with Gasteiger partial charge in [0.25, 0.3) is 17.7 Å². The average molecular weight is 371 g/mol. The summed E-state index contributed by atoms with van der Waals surface area (Å²) in [6.45, 7) is 9.22. The van der Waals surface area contributed by atoms with Gasteiger partial charge in [-0.15, -0.1) is 0 Å². The number of benzene rings is 1. The molecule has 0 bridgehead atoms. The fourth-order valence-corrected chi connectivity index (χ4v) is 3.54. The Morgan fingerprint density at radius 3 is 1.96 bits per heavy atom. The topological polar surface area (TPSA) is 78.0 Å². The van der Waals surface area contributed by atoms with Crippen LogP contribution in [0.15, 0.2) is 18.2 Å². The highest BCUT2D eigenvalue weighted by Crippen LogP contribution is 2.26. The first kappa shape index (κ1) is 19.1. The van der Waals surface area contributed by atoms with E-state index >= 15 is 0 Å². The zero-order valence-corrected chi connectivity index (χ0v) is 16.2. The largest absolute Gasteiger partial charge is 0.339 e. The molecule has 2 aliphatic rings. The van der Waals surface area contributed by atoms with E-state index in [2.05, 4.69) is 0 Å². The number of hydrogen-bond acceptors (Lipinski definition) is 4. The number of carbonyl (C=O) groups excluding carboxylic acids is 4. The van der Waals surface area contributed by atoms with Crippen LogP contribution in [0.5, 0.6) is 0 Å². The molecule has 1 aromatic rings. The maximum Gasteiger partial charge on any atom is 0.261 e. The van der Waals surface area contributed by atoms with Crippen molar-refractivity contribution >= 4 is 23.6 Å². The van der Waals surface area contributed by atoms with Crippen molar-refractivity contribution in [2.24, 2.45) is 5.92 Å². The number of hydrogen-bond donors (Lipinski definition) is 0. The molecule has 2 aliphatic heterocycles. The van der Waals surface area contributed by atoms with E-state index in [0.29, 0.717) is 37.3 Å². The second-order valence-electron chi connectivity index (χ2n) is 7.61. The number of fused-ring (bicyclic) bond motifs is 1. The Morgan fingerprint density at radius 1 is 0.852 bits per heavy atom. The van der Waals surface area contributed by atoms with Crippen molar-refractivity contribution in [2.75, 3.05) is 26.2 Å². The molecule has 7 nitrogen and oxygen atoms in total. The lowest BCUT2D eigenvalue weighted by atomic mass is 10.0. The summed E-state index contributed by atoms with van der Waals surface area (Å²) in [5, 5.41) is 0. The van der Waals surface area contributed by atoms with E-state index in [4.69, 9.17) is 0 Å². The standard InChI is InChI=1S/C20H25N3O4/c1-12(2)17(24)21-7-9-22(10-8-21)18(25)14-5-6-15-16(11-14)20(27)23(13(3)4)19(15)26/h5-6,11-13H,7-10H2,1-4H3. The van der Waals surface area contributed by atoms with Crippen molar-refractivity contribution in [3.05, 3.63) is 34.9 Å². The maximum atomic E-state index is 12.8. The second-order valence-corrected chi connectivity index (χ2v) is 7.61. The molecule has 27 heavy (non-hydrogen) atoms. The molecule has 0 spiro atoms. The van der Waals surface area contributed by atoms with Gasteiger partial charge in [0.05, 0.1) is 11.1 Å². The van der Waals surface area contributed by atoms with Gasteiger partial charge < -0.3 is 9.80 Å². The third-order valence-electron chi connectivity index (χ3n) is 5.05. The monoisotopic (exact) mass is 371 g/mol. The summed E-state index contributed by atoms with van der Waals surface area (Å²) in [5.74, 6) is -0.816. The van der Waals surface area contributed by atoms with E-state index < -0.39 is 0 Å². The number of imide groups is 1. The molecule has 0 atom stereocenters.